The van der Waals surface area contributed by atoms with Gasteiger partial charge >= 0.3 is 146 Å². The van der Waals surface area contributed by atoms with Crippen LogP contribution >= 0.6 is 22.7 Å². The molecule has 10 aromatic rings. The number of rotatable bonds is 45. The molecule has 10 rings (SSSR count). The Labute approximate surface area is 961 Å². The molecule has 17 N–H and O–H groups in total. The van der Waals surface area contributed by atoms with Crippen LogP contribution in [0.4, 0.5) is 20.5 Å². The molecule has 0 aliphatic carbocycles. The van der Waals surface area contributed by atoms with E-state index in [1.165, 1.54) is 50.1 Å². The van der Waals surface area contributed by atoms with Crippen LogP contribution in [0.25, 0.3) is 0 Å². The fourth-order valence-corrected chi connectivity index (χ4v) is 14.9. The van der Waals surface area contributed by atoms with E-state index in [4.69, 9.17) is 72.1 Å². The van der Waals surface area contributed by atoms with Gasteiger partial charge in [0.15, 0.2) is 22.5 Å². The predicted molar refractivity (Wildman–Crippen MR) is 549 cm³/mol. The van der Waals surface area contributed by atoms with Crippen molar-refractivity contribution in [2.24, 2.45) is 11.5 Å². The zero-order chi connectivity index (χ0) is 105. The van der Waals surface area contributed by atoms with Crippen molar-refractivity contribution < 1.29 is 249 Å². The quantitative estimate of drug-likeness (QED) is 0.00349. The van der Waals surface area contributed by atoms with E-state index in [2.05, 4.69) is 133 Å². The summed E-state index contributed by atoms with van der Waals surface area (Å²) in [5.74, 6) is -0.266. The molecule has 0 aliphatic heterocycles. The number of aromatic hydroxyl groups is 1. The minimum atomic E-state index is -1.82. The maximum Gasteiger partial charge on any atom is 1.00 e. The Morgan fingerprint density at radius 1 is 0.473 bits per heavy atom. The van der Waals surface area contributed by atoms with Gasteiger partial charge < -0.3 is 116 Å². The number of benzene rings is 7. The Balaban J connectivity index is 0. The van der Waals surface area contributed by atoms with Crippen LogP contribution in [-0.2, 0) is 131 Å². The standard InChI is InChI=1S/C28H30N6O4S.C18H24N6OS.2C17H28O4Si.C10H12O4.C9H10O3.C2H2FO3.2K.Li.2H2O/c35-15-16-38-23-11-6-9-21(17-23)19-26(37)30-28-34-33-27(39-28)12-5-4-10-22-13-14-24(32-31-22)29-25(36)18-20-7-2-1-3-8-20;19-14(8-4-5-9-17-23-24-18(21)26-17)10-11-15(20)22-16(25)12-13-6-2-1-3-7-13;2*1-17(2,3)22(5,6)21-11-10-20-15-9-7-8-14(12-15)13-16(18)19-4;11-4-5-14-9-3-1-2-8(6-9)7-10(12)13;1-12-9(11)6-7-3-2-4-8(10)5-7;3-1-2(4)6-5;;;;;/h1-3,6-9,11,13-14,17,35H,4-5,10,12,15-16,18-19H2,(H,29,32,36)(H,30,34,37);1-3,6-7,10-11H,4-5,8-9,12,19-20H2,(H2,21,24)(H,22,25);2*7-9,12H,10-11,13H2,1-6H3;1-3,6,11H,4-5,7H2,(H,12,13);2-5,10H,6H2,1H3;1,5H;;;;2*1H2/q;;;;;;-1;3*+1;;/p-1/b;14-10-,15-11+;;;;;;;;;;/i;;;;;;1D;;;;;. The number of aliphatic hydroxyl groups is 2. The van der Waals surface area contributed by atoms with Gasteiger partial charge in [0.25, 0.3) is 0 Å². The smallest absolute Gasteiger partial charge is 0.870 e. The molecule has 780 valence electrons. The molecular formula is C101H137FK2LiN12O25S2Si2+. The number of hydrogen-bond acceptors (Lipinski definition) is 34. The van der Waals surface area contributed by atoms with Gasteiger partial charge in [0.2, 0.25) is 34.0 Å². The molecule has 3 aromatic heterocycles. The largest absolute Gasteiger partial charge is 1.00 e. The van der Waals surface area contributed by atoms with Crippen molar-refractivity contribution in [3.05, 3.63) is 279 Å². The summed E-state index contributed by atoms with van der Waals surface area (Å²) in [5, 5.41) is 78.0. The number of unbranched alkanes of at least 4 members (excludes halogenated alkanes) is 2. The zero-order valence-electron chi connectivity index (χ0n) is 87.0. The van der Waals surface area contributed by atoms with Crippen molar-refractivity contribution in [3.8, 4) is 28.7 Å². The van der Waals surface area contributed by atoms with Crippen LogP contribution in [0, 0.1) is 6.65 Å². The Hall–Kier alpha value is -9.80. The number of nitrogens with one attached hydrogen (secondary N) is 3. The Kier molecular flexibility index (Phi) is 72.3. The van der Waals surface area contributed by atoms with Crippen LogP contribution in [0.2, 0.25) is 36.3 Å². The van der Waals surface area contributed by atoms with Gasteiger partial charge in [-0.3, -0.25) is 38.4 Å². The number of carbonyl (C=O) groups excluding carboxylic acids is 7. The maximum atomic E-state index is 12.4. The number of phenolic OH excluding ortho intramolecular Hbond substituents is 1. The molecule has 0 bridgehead atoms. The average Bonchev–Trinajstić information content (AvgIpc) is 1.51. The number of carboxylic acids is 1. The van der Waals surface area contributed by atoms with Crippen molar-refractivity contribution in [2.75, 3.05) is 90.6 Å². The summed E-state index contributed by atoms with van der Waals surface area (Å²) < 4.78 is 64.7. The molecule has 0 fully saturated rings. The minimum absolute atomic E-state index is 0. The van der Waals surface area contributed by atoms with Crippen molar-refractivity contribution >= 4 is 103 Å². The van der Waals surface area contributed by atoms with Crippen molar-refractivity contribution in [3.63, 3.8) is 0 Å². The molecule has 146 heavy (non-hydrogen) atoms. The third kappa shape index (κ3) is 62.5. The Morgan fingerprint density at radius 3 is 1.26 bits per heavy atom. The van der Waals surface area contributed by atoms with Gasteiger partial charge in [0, 0.05) is 18.5 Å². The van der Waals surface area contributed by atoms with Gasteiger partial charge in [-0.25, -0.2) is 5.26 Å². The molecule has 0 spiro atoms. The summed E-state index contributed by atoms with van der Waals surface area (Å²) >= 11 is 2.78. The Morgan fingerprint density at radius 2 is 0.863 bits per heavy atom. The second-order valence-electron chi connectivity index (χ2n) is 34.0. The number of nitrogen functional groups attached to an aromatic ring is 1. The molecule has 0 atom stereocenters. The predicted octanol–water partition coefficient (Wildman–Crippen LogP) is 5.00. The number of aromatic nitrogens is 6. The summed E-state index contributed by atoms with van der Waals surface area (Å²) in [7, 11) is 0.674. The Bertz CT molecular complexity index is 5440. The molecule has 37 nitrogen and oxygen atoms in total. The number of allylic oxidation sites excluding steroid dienone is 3. The normalized spacial score (nSPS) is 10.8. The number of carbonyl (C=O) groups is 8. The minimum Gasteiger partial charge on any atom is -0.870 e. The summed E-state index contributed by atoms with van der Waals surface area (Å²) in [6.07, 6.45) is 11.5. The number of ether oxygens (including phenoxy) is 7. The zero-order valence-corrected chi connectivity index (χ0v) is 95.9. The maximum absolute atomic E-state index is 12.4. The number of esters is 3. The van der Waals surface area contributed by atoms with Crippen LogP contribution in [0.3, 0.4) is 0 Å². The molecule has 3 heterocycles. The van der Waals surface area contributed by atoms with Crippen molar-refractivity contribution in [1.29, 1.82) is 0 Å². The molecule has 3 amide bonds. The second-order valence-corrected chi connectivity index (χ2v) is 45.8. The van der Waals surface area contributed by atoms with Crippen LogP contribution in [0.5, 0.6) is 28.7 Å². The number of halogens is 1. The fourth-order valence-electron chi connectivity index (χ4n) is 11.4. The van der Waals surface area contributed by atoms with Crippen molar-refractivity contribution in [1.82, 2.24) is 35.9 Å². The van der Waals surface area contributed by atoms with E-state index in [1.807, 2.05) is 127 Å². The first-order valence-electron chi connectivity index (χ1n) is 45.6. The number of aliphatic hydroxyl groups excluding tert-OH is 2. The van der Waals surface area contributed by atoms with Crippen LogP contribution in [0.15, 0.2) is 218 Å². The molecule has 0 unspecified atom stereocenters. The number of aliphatic carboxylic acids is 1. The van der Waals surface area contributed by atoms with E-state index in [9.17, 15) is 42.7 Å². The third-order valence-corrected chi connectivity index (χ3v) is 31.4. The molecular weight excluding hydrogens is 2010 g/mol. The van der Waals surface area contributed by atoms with Gasteiger partial charge in [-0.15, -0.1) is 33.5 Å². The number of methoxy groups -OCH3 is 3. The molecule has 45 heteroatoms. The van der Waals surface area contributed by atoms with Gasteiger partial charge in [-0.2, -0.15) is 5.10 Å². The van der Waals surface area contributed by atoms with E-state index in [1.54, 1.807) is 72.8 Å². The summed E-state index contributed by atoms with van der Waals surface area (Å²) in [6, 6.07) is 58.3. The molecule has 0 saturated heterocycles. The number of amides is 3. The van der Waals surface area contributed by atoms with E-state index in [0.29, 0.717) is 65.3 Å². The summed E-state index contributed by atoms with van der Waals surface area (Å²) in [5.41, 5.74) is 24.8. The molecule has 7 aromatic carbocycles. The van der Waals surface area contributed by atoms with Crippen LogP contribution in [-0.4, -0.2) is 206 Å². The monoisotopic (exact) mass is 2140 g/mol. The fraction of sp³-hybridized carbons (Fsp3) is 0.376. The number of phenols is 1. The van der Waals surface area contributed by atoms with Gasteiger partial charge in [-0.05, 0) is 199 Å². The van der Waals surface area contributed by atoms with E-state index in [0.717, 1.165) is 112 Å². The summed E-state index contributed by atoms with van der Waals surface area (Å²) in [4.78, 5) is 92.5. The SMILES string of the molecule is COC(=O)Cc1cccc(O)c1.COC(=O)Cc1cccc(OCCO[Si](C)(C)C(C)(C)C)c1.COC(=O)Cc1cccc(OCCO[Si](C)(C)C(C)(C)C)c1.N/C(=C\C=C(/N)NC(=O)Cc1ccccc1)CCCCc1nnc(N)s1.O.O=C(Cc1ccccc1)Nc1ccc(CCCCc2nnc(NC(=O)Cc3cccc(OCCO)c3)s2)nn1.O=C(O)Cc1cccc(OCCO)c1.[2H][C-](F)C(=O)OO.[K+].[K+].[Li+].[OH-]. The van der Waals surface area contributed by atoms with Crippen LogP contribution < -0.4 is 174 Å². The first-order chi connectivity index (χ1) is 67.5. The van der Waals surface area contributed by atoms with Crippen molar-refractivity contribution in [2.45, 2.75) is 174 Å². The second kappa shape index (κ2) is 77.5. The number of aryl methyl sites for hydroxylation is 3. The molecule has 0 saturated carbocycles. The summed E-state index contributed by atoms with van der Waals surface area (Å²) in [6.45, 7) is 22.9. The first kappa shape index (κ1) is 136. The number of nitrogens with two attached hydrogens (primary N) is 3. The van der Waals surface area contributed by atoms with Gasteiger partial charge in [-0.1, -0.05) is 186 Å². The number of nitrogens with zero attached hydrogens (tertiary/aromatic N) is 6. The van der Waals surface area contributed by atoms with Gasteiger partial charge in [0.05, 0.1) is 98.4 Å². The molecule has 0 radical (unpaired) electrons. The average molecular weight is 2140 g/mol. The number of hydrogen-bond donors (Lipinski definition) is 11. The van der Waals surface area contributed by atoms with Crippen LogP contribution in [0.1, 0.15) is 130 Å². The van der Waals surface area contributed by atoms with E-state index >= 15 is 0 Å². The molecule has 0 aliphatic rings. The van der Waals surface area contributed by atoms with E-state index in [-0.39, 0.29) is 261 Å². The number of carboxylic acid groups (broad SMARTS) is 1. The van der Waals surface area contributed by atoms with Gasteiger partial charge in [0.1, 0.15) is 71.0 Å². The number of anilines is 3. The topological polar surface area (TPSA) is 583 Å². The first-order valence-corrected chi connectivity index (χ1v) is 52.5. The third-order valence-electron chi connectivity index (χ3n) is 20.6. The van der Waals surface area contributed by atoms with E-state index < -0.39 is 35.2 Å².